The number of likely N-dealkylation sites (tertiary alicyclic amines) is 1. The van der Waals surface area contributed by atoms with Crippen LogP contribution in [0.5, 0.6) is 11.5 Å². The molecular formula is C22H35NO4. The van der Waals surface area contributed by atoms with Crippen LogP contribution in [-0.4, -0.2) is 48.3 Å². The van der Waals surface area contributed by atoms with Gasteiger partial charge in [0.05, 0.1) is 12.2 Å². The zero-order chi connectivity index (χ0) is 19.6. The Morgan fingerprint density at radius 1 is 1.22 bits per heavy atom. The largest absolute Gasteiger partial charge is 0.504 e. The summed E-state index contributed by atoms with van der Waals surface area (Å²) in [5, 5.41) is 9.93. The van der Waals surface area contributed by atoms with Crippen molar-refractivity contribution >= 4 is 5.97 Å². The fraction of sp³-hybridized carbons (Fsp3) is 0.682. The van der Waals surface area contributed by atoms with Gasteiger partial charge in [0.2, 0.25) is 0 Å². The molecule has 1 aromatic rings. The van der Waals surface area contributed by atoms with Crippen LogP contribution in [0, 0.1) is 5.92 Å². The Morgan fingerprint density at radius 3 is 2.63 bits per heavy atom. The number of aromatic hydroxyl groups is 1. The van der Waals surface area contributed by atoms with Gasteiger partial charge in [0, 0.05) is 6.04 Å². The lowest BCUT2D eigenvalue weighted by Gasteiger charge is -2.37. The molecule has 0 saturated carbocycles. The lowest BCUT2D eigenvalue weighted by molar-refractivity contribution is 0.0210. The van der Waals surface area contributed by atoms with Gasteiger partial charge in [0.15, 0.2) is 11.5 Å². The van der Waals surface area contributed by atoms with Gasteiger partial charge < -0.3 is 14.6 Å². The van der Waals surface area contributed by atoms with Crippen LogP contribution in [0.4, 0.5) is 0 Å². The Bertz CT molecular complexity index is 584. The zero-order valence-electron chi connectivity index (χ0n) is 17.1. The molecule has 152 valence electrons. The molecular weight excluding hydrogens is 342 g/mol. The van der Waals surface area contributed by atoms with Gasteiger partial charge in [-0.05, 0) is 56.5 Å². The SMILES string of the molecule is CCCCOc1cc(C(=O)OC[C@H](C(C)CC)N2CCCCC2)ccc1O. The highest BCUT2D eigenvalue weighted by molar-refractivity contribution is 5.90. The van der Waals surface area contributed by atoms with Crippen molar-refractivity contribution in [1.82, 2.24) is 4.90 Å². The molecule has 0 amide bonds. The molecule has 27 heavy (non-hydrogen) atoms. The van der Waals surface area contributed by atoms with E-state index in [-0.39, 0.29) is 17.8 Å². The third kappa shape index (κ3) is 6.42. The maximum absolute atomic E-state index is 12.6. The number of piperidine rings is 1. The van der Waals surface area contributed by atoms with Crippen LogP contribution in [0.1, 0.15) is 69.7 Å². The Hall–Kier alpha value is -1.75. The van der Waals surface area contributed by atoms with E-state index in [1.54, 1.807) is 12.1 Å². The molecule has 1 heterocycles. The van der Waals surface area contributed by atoms with E-state index in [4.69, 9.17) is 9.47 Å². The van der Waals surface area contributed by atoms with Crippen LogP contribution in [0.15, 0.2) is 18.2 Å². The second kappa shape index (κ2) is 11.2. The third-order valence-corrected chi connectivity index (χ3v) is 5.50. The Kier molecular flexibility index (Phi) is 8.92. The van der Waals surface area contributed by atoms with Crippen LogP contribution >= 0.6 is 0 Å². The minimum absolute atomic E-state index is 0.0495. The summed E-state index contributed by atoms with van der Waals surface area (Å²) in [5.74, 6) is 0.505. The summed E-state index contributed by atoms with van der Waals surface area (Å²) in [7, 11) is 0. The van der Waals surface area contributed by atoms with Crippen molar-refractivity contribution in [3.05, 3.63) is 23.8 Å². The molecule has 0 bridgehead atoms. The van der Waals surface area contributed by atoms with Crippen molar-refractivity contribution in [2.24, 2.45) is 5.92 Å². The minimum atomic E-state index is -0.361. The molecule has 0 spiro atoms. The van der Waals surface area contributed by atoms with E-state index in [9.17, 15) is 9.90 Å². The van der Waals surface area contributed by atoms with E-state index in [1.165, 1.54) is 25.3 Å². The fourth-order valence-corrected chi connectivity index (χ4v) is 3.48. The van der Waals surface area contributed by atoms with Gasteiger partial charge in [-0.25, -0.2) is 4.79 Å². The summed E-state index contributed by atoms with van der Waals surface area (Å²) in [5.41, 5.74) is 0.417. The van der Waals surface area contributed by atoms with Gasteiger partial charge in [-0.2, -0.15) is 0 Å². The van der Waals surface area contributed by atoms with E-state index >= 15 is 0 Å². The summed E-state index contributed by atoms with van der Waals surface area (Å²) in [6.07, 6.45) is 6.70. The third-order valence-electron chi connectivity index (χ3n) is 5.50. The van der Waals surface area contributed by atoms with Crippen molar-refractivity contribution in [3.8, 4) is 11.5 Å². The number of benzene rings is 1. The number of ether oxygens (including phenoxy) is 2. The van der Waals surface area contributed by atoms with Crippen molar-refractivity contribution in [2.45, 2.75) is 65.3 Å². The van der Waals surface area contributed by atoms with E-state index in [0.29, 0.717) is 30.4 Å². The zero-order valence-corrected chi connectivity index (χ0v) is 17.1. The van der Waals surface area contributed by atoms with Crippen molar-refractivity contribution in [3.63, 3.8) is 0 Å². The van der Waals surface area contributed by atoms with Gasteiger partial charge >= 0.3 is 5.97 Å². The number of rotatable bonds is 10. The highest BCUT2D eigenvalue weighted by Gasteiger charge is 2.26. The molecule has 0 aromatic heterocycles. The number of phenols is 1. The standard InChI is InChI=1S/C22H35NO4/c1-4-6-14-26-21-15-18(10-11-20(21)24)22(25)27-16-19(17(3)5-2)23-12-8-7-9-13-23/h10-11,15,17,19,24H,4-9,12-14,16H2,1-3H3/t17?,19-/m1/s1. The smallest absolute Gasteiger partial charge is 0.338 e. The maximum atomic E-state index is 12.6. The number of carbonyl (C=O) groups is 1. The predicted octanol–water partition coefficient (Wildman–Crippen LogP) is 4.63. The molecule has 1 aliphatic heterocycles. The van der Waals surface area contributed by atoms with Crippen molar-refractivity contribution in [1.29, 1.82) is 0 Å². The monoisotopic (exact) mass is 377 g/mol. The number of hydrogen-bond acceptors (Lipinski definition) is 5. The van der Waals surface area contributed by atoms with Crippen LogP contribution in [0.3, 0.4) is 0 Å². The minimum Gasteiger partial charge on any atom is -0.504 e. The first-order chi connectivity index (χ1) is 13.1. The summed E-state index contributed by atoms with van der Waals surface area (Å²) in [4.78, 5) is 15.0. The maximum Gasteiger partial charge on any atom is 0.338 e. The summed E-state index contributed by atoms with van der Waals surface area (Å²) in [6.45, 7) is 9.58. The number of carbonyl (C=O) groups excluding carboxylic acids is 1. The van der Waals surface area contributed by atoms with Crippen LogP contribution in [0.2, 0.25) is 0 Å². The lowest BCUT2D eigenvalue weighted by Crippen LogP contribution is -2.46. The van der Waals surface area contributed by atoms with E-state index in [2.05, 4.69) is 25.7 Å². The molecule has 1 unspecified atom stereocenters. The van der Waals surface area contributed by atoms with E-state index < -0.39 is 0 Å². The Labute approximate surface area is 163 Å². The average molecular weight is 378 g/mol. The first-order valence-electron chi connectivity index (χ1n) is 10.4. The number of nitrogens with zero attached hydrogens (tertiary/aromatic N) is 1. The van der Waals surface area contributed by atoms with Crippen molar-refractivity contribution < 1.29 is 19.4 Å². The van der Waals surface area contributed by atoms with Gasteiger partial charge in [-0.15, -0.1) is 0 Å². The molecule has 0 aliphatic carbocycles. The number of hydrogen-bond donors (Lipinski definition) is 1. The topological polar surface area (TPSA) is 59.0 Å². The Morgan fingerprint density at radius 2 is 1.96 bits per heavy atom. The predicted molar refractivity (Wildman–Crippen MR) is 107 cm³/mol. The molecule has 2 atom stereocenters. The molecule has 1 aliphatic rings. The molecule has 5 heteroatoms. The van der Waals surface area contributed by atoms with Gasteiger partial charge in [-0.3, -0.25) is 4.90 Å². The molecule has 0 radical (unpaired) electrons. The van der Waals surface area contributed by atoms with Gasteiger partial charge in [-0.1, -0.05) is 40.0 Å². The number of esters is 1. The first kappa shape index (κ1) is 21.5. The number of unbranched alkanes of at least 4 members (excludes halogenated alkanes) is 1. The summed E-state index contributed by atoms with van der Waals surface area (Å²) >= 11 is 0. The fourth-order valence-electron chi connectivity index (χ4n) is 3.48. The lowest BCUT2D eigenvalue weighted by atomic mass is 9.96. The van der Waals surface area contributed by atoms with Gasteiger partial charge in [0.25, 0.3) is 0 Å². The van der Waals surface area contributed by atoms with Crippen LogP contribution in [0.25, 0.3) is 0 Å². The second-order valence-electron chi connectivity index (χ2n) is 7.53. The second-order valence-corrected chi connectivity index (χ2v) is 7.53. The van der Waals surface area contributed by atoms with Crippen LogP contribution in [-0.2, 0) is 4.74 Å². The molecule has 1 N–H and O–H groups in total. The summed E-state index contributed by atoms with van der Waals surface area (Å²) in [6, 6.07) is 4.92. The Balaban J connectivity index is 1.98. The molecule has 1 fully saturated rings. The molecule has 1 saturated heterocycles. The quantitative estimate of drug-likeness (QED) is 0.476. The van der Waals surface area contributed by atoms with Gasteiger partial charge in [0.1, 0.15) is 6.61 Å². The van der Waals surface area contributed by atoms with Crippen molar-refractivity contribution in [2.75, 3.05) is 26.3 Å². The molecule has 1 aromatic carbocycles. The van der Waals surface area contributed by atoms with Crippen LogP contribution < -0.4 is 4.74 Å². The summed E-state index contributed by atoms with van der Waals surface area (Å²) < 4.78 is 11.2. The van der Waals surface area contributed by atoms with E-state index in [1.807, 2.05) is 0 Å². The highest BCUT2D eigenvalue weighted by Crippen LogP contribution is 2.28. The normalized spacial score (nSPS) is 17.3. The van der Waals surface area contributed by atoms with E-state index in [0.717, 1.165) is 32.4 Å². The highest BCUT2D eigenvalue weighted by atomic mass is 16.5. The number of phenolic OH excluding ortho intramolecular Hbond substituents is 1. The first-order valence-corrected chi connectivity index (χ1v) is 10.4. The molecule has 2 rings (SSSR count). The molecule has 5 nitrogen and oxygen atoms in total. The average Bonchev–Trinajstić information content (AvgIpc) is 2.70.